The Labute approximate surface area is 124 Å². The van der Waals surface area contributed by atoms with Crippen LogP contribution in [0.4, 0.5) is 5.88 Å². The second kappa shape index (κ2) is 6.13. The molecule has 0 saturated carbocycles. The van der Waals surface area contributed by atoms with Gasteiger partial charge in [-0.25, -0.2) is 13.1 Å². The molecule has 112 valence electrons. The van der Waals surface area contributed by atoms with Gasteiger partial charge in [-0.05, 0) is 37.5 Å². The van der Waals surface area contributed by atoms with Crippen molar-refractivity contribution in [1.82, 2.24) is 5.16 Å². The maximum absolute atomic E-state index is 12.0. The molecule has 1 heterocycles. The number of aromatic nitrogens is 1. The van der Waals surface area contributed by atoms with Crippen molar-refractivity contribution in [1.29, 1.82) is 0 Å². The van der Waals surface area contributed by atoms with Gasteiger partial charge in [-0.3, -0.25) is 0 Å². The van der Waals surface area contributed by atoms with E-state index in [-0.39, 0.29) is 5.88 Å². The molecule has 0 amide bonds. The summed E-state index contributed by atoms with van der Waals surface area (Å²) in [7, 11) is -3.62. The van der Waals surface area contributed by atoms with E-state index in [0.717, 1.165) is 17.4 Å². The lowest BCUT2D eigenvalue weighted by molar-refractivity contribution is 0.430. The summed E-state index contributed by atoms with van der Waals surface area (Å²) in [4.78, 5) is 0. The minimum atomic E-state index is -3.62. The fourth-order valence-electron chi connectivity index (χ4n) is 1.71. The fourth-order valence-corrected chi connectivity index (χ4v) is 2.56. The summed E-state index contributed by atoms with van der Waals surface area (Å²) >= 11 is 0. The highest BCUT2D eigenvalue weighted by atomic mass is 32.2. The van der Waals surface area contributed by atoms with Crippen LogP contribution in [0.25, 0.3) is 6.08 Å². The van der Waals surface area contributed by atoms with Crippen molar-refractivity contribution >= 4 is 22.0 Å². The topological polar surface area (TPSA) is 72.2 Å². The first-order chi connectivity index (χ1) is 9.91. The van der Waals surface area contributed by atoms with Gasteiger partial charge in [0.15, 0.2) is 0 Å². The molecular weight excluding hydrogens is 288 g/mol. The maximum Gasteiger partial charge on any atom is 0.257 e. The smallest absolute Gasteiger partial charge is 0.257 e. The van der Waals surface area contributed by atoms with Crippen molar-refractivity contribution in [2.75, 3.05) is 4.72 Å². The molecule has 2 aromatic rings. The van der Waals surface area contributed by atoms with Crippen LogP contribution < -0.4 is 4.72 Å². The van der Waals surface area contributed by atoms with Crippen LogP contribution in [0.3, 0.4) is 0 Å². The Morgan fingerprint density at radius 3 is 2.43 bits per heavy atom. The molecule has 1 aromatic heterocycles. The van der Waals surface area contributed by atoms with Crippen LogP contribution in [-0.4, -0.2) is 13.6 Å². The van der Waals surface area contributed by atoms with Gasteiger partial charge >= 0.3 is 0 Å². The highest BCUT2D eigenvalue weighted by Gasteiger charge is 2.13. The number of hydrogen-bond donors (Lipinski definition) is 1. The Bertz CT molecular complexity index is 744. The minimum absolute atomic E-state index is 0.151. The molecule has 0 fully saturated rings. The molecule has 0 bridgehead atoms. The van der Waals surface area contributed by atoms with Crippen LogP contribution in [0.1, 0.15) is 29.3 Å². The standard InChI is InChI=1S/C15H18N2O3S/c1-4-13-5-7-14(8-6-13)9-10-21(18,19)17-15-11(2)12(3)16-20-15/h5-10,17H,4H2,1-3H3/b10-9+. The second-order valence-corrected chi connectivity index (χ2v) is 6.33. The van der Waals surface area contributed by atoms with E-state index >= 15 is 0 Å². The molecule has 0 atom stereocenters. The highest BCUT2D eigenvalue weighted by molar-refractivity contribution is 7.95. The van der Waals surface area contributed by atoms with E-state index in [9.17, 15) is 8.42 Å². The summed E-state index contributed by atoms with van der Waals surface area (Å²) in [6.45, 7) is 5.57. The van der Waals surface area contributed by atoms with Gasteiger partial charge in [0.1, 0.15) is 0 Å². The SMILES string of the molecule is CCc1ccc(/C=C/S(=O)(=O)Nc2onc(C)c2C)cc1. The number of benzene rings is 1. The summed E-state index contributed by atoms with van der Waals surface area (Å²) in [5.41, 5.74) is 3.37. The van der Waals surface area contributed by atoms with E-state index in [2.05, 4.69) is 16.8 Å². The molecule has 0 aliphatic rings. The lowest BCUT2D eigenvalue weighted by Gasteiger charge is -2.01. The van der Waals surface area contributed by atoms with Gasteiger partial charge in [-0.15, -0.1) is 0 Å². The van der Waals surface area contributed by atoms with Crippen molar-refractivity contribution in [3.63, 3.8) is 0 Å². The predicted molar refractivity (Wildman–Crippen MR) is 83.4 cm³/mol. The summed E-state index contributed by atoms with van der Waals surface area (Å²) in [6, 6.07) is 7.72. The number of anilines is 1. The number of aryl methyl sites for hydroxylation is 2. The Morgan fingerprint density at radius 2 is 1.90 bits per heavy atom. The molecule has 0 radical (unpaired) electrons. The van der Waals surface area contributed by atoms with Crippen LogP contribution in [0.5, 0.6) is 0 Å². The second-order valence-electron chi connectivity index (χ2n) is 4.77. The van der Waals surface area contributed by atoms with Crippen LogP contribution in [0, 0.1) is 13.8 Å². The number of hydrogen-bond acceptors (Lipinski definition) is 4. The van der Waals surface area contributed by atoms with Crippen LogP contribution in [0.2, 0.25) is 0 Å². The first kappa shape index (κ1) is 15.3. The van der Waals surface area contributed by atoms with Gasteiger partial charge in [0.25, 0.3) is 10.0 Å². The van der Waals surface area contributed by atoms with Gasteiger partial charge in [-0.1, -0.05) is 36.3 Å². The monoisotopic (exact) mass is 306 g/mol. The number of sulfonamides is 1. The Balaban J connectivity index is 2.12. The normalized spacial score (nSPS) is 12.0. The molecule has 0 saturated heterocycles. The van der Waals surface area contributed by atoms with Crippen molar-refractivity contribution < 1.29 is 12.9 Å². The zero-order chi connectivity index (χ0) is 15.5. The van der Waals surface area contributed by atoms with Crippen molar-refractivity contribution in [2.45, 2.75) is 27.2 Å². The lowest BCUT2D eigenvalue weighted by atomic mass is 10.1. The molecule has 1 aromatic carbocycles. The van der Waals surface area contributed by atoms with Gasteiger partial charge in [0.05, 0.1) is 11.1 Å². The zero-order valence-corrected chi connectivity index (χ0v) is 13.1. The van der Waals surface area contributed by atoms with Crippen molar-refractivity contribution in [2.24, 2.45) is 0 Å². The van der Waals surface area contributed by atoms with Crippen molar-refractivity contribution in [3.05, 3.63) is 52.1 Å². The summed E-state index contributed by atoms with van der Waals surface area (Å²) in [6.07, 6.45) is 2.49. The molecule has 5 nitrogen and oxygen atoms in total. The van der Waals surface area contributed by atoms with Crippen LogP contribution in [-0.2, 0) is 16.4 Å². The number of rotatable bonds is 5. The maximum atomic E-state index is 12.0. The largest absolute Gasteiger partial charge is 0.337 e. The molecule has 0 unspecified atom stereocenters. The first-order valence-electron chi connectivity index (χ1n) is 6.64. The van der Waals surface area contributed by atoms with Gasteiger partial charge in [0.2, 0.25) is 5.88 Å². The van der Waals surface area contributed by atoms with Gasteiger partial charge in [-0.2, -0.15) is 0 Å². The highest BCUT2D eigenvalue weighted by Crippen LogP contribution is 2.19. The van der Waals surface area contributed by atoms with E-state index < -0.39 is 10.0 Å². The Kier molecular flexibility index (Phi) is 4.47. The molecule has 1 N–H and O–H groups in total. The number of nitrogens with zero attached hydrogens (tertiary/aromatic N) is 1. The summed E-state index contributed by atoms with van der Waals surface area (Å²) < 4.78 is 31.2. The molecule has 0 spiro atoms. The number of nitrogens with one attached hydrogen (secondary N) is 1. The van der Waals surface area contributed by atoms with Crippen molar-refractivity contribution in [3.8, 4) is 0 Å². The summed E-state index contributed by atoms with van der Waals surface area (Å²) in [5, 5.41) is 4.83. The Morgan fingerprint density at radius 1 is 1.24 bits per heavy atom. The predicted octanol–water partition coefficient (Wildman–Crippen LogP) is 3.27. The van der Waals surface area contributed by atoms with E-state index in [1.165, 1.54) is 5.56 Å². The van der Waals surface area contributed by atoms with E-state index in [0.29, 0.717) is 11.3 Å². The zero-order valence-electron chi connectivity index (χ0n) is 12.3. The molecule has 0 aliphatic heterocycles. The van der Waals surface area contributed by atoms with Gasteiger partial charge < -0.3 is 4.52 Å². The average molecular weight is 306 g/mol. The van der Waals surface area contributed by atoms with Gasteiger partial charge in [0, 0.05) is 5.56 Å². The lowest BCUT2D eigenvalue weighted by Crippen LogP contribution is -2.09. The third-order valence-electron chi connectivity index (χ3n) is 3.22. The van der Waals surface area contributed by atoms with Crippen LogP contribution >= 0.6 is 0 Å². The van der Waals surface area contributed by atoms with E-state index in [1.807, 2.05) is 24.3 Å². The van der Waals surface area contributed by atoms with Crippen LogP contribution in [0.15, 0.2) is 34.2 Å². The Hall–Kier alpha value is -2.08. The third kappa shape index (κ3) is 3.95. The fraction of sp³-hybridized carbons (Fsp3) is 0.267. The van der Waals surface area contributed by atoms with E-state index in [4.69, 9.17) is 4.52 Å². The molecule has 0 aliphatic carbocycles. The molecule has 2 rings (SSSR count). The molecular formula is C15H18N2O3S. The molecule has 6 heteroatoms. The third-order valence-corrected chi connectivity index (χ3v) is 4.18. The average Bonchev–Trinajstić information content (AvgIpc) is 2.77. The minimum Gasteiger partial charge on any atom is -0.337 e. The van der Waals surface area contributed by atoms with E-state index in [1.54, 1.807) is 19.9 Å². The summed E-state index contributed by atoms with van der Waals surface area (Å²) in [5.74, 6) is 0.151. The molecule has 21 heavy (non-hydrogen) atoms. The quantitative estimate of drug-likeness (QED) is 0.920. The first-order valence-corrected chi connectivity index (χ1v) is 8.18.